The van der Waals surface area contributed by atoms with E-state index in [-0.39, 0.29) is 5.92 Å². The molecule has 5 fully saturated rings. The third kappa shape index (κ3) is 2.23. The van der Waals surface area contributed by atoms with E-state index in [1.165, 1.54) is 0 Å². The lowest BCUT2D eigenvalue weighted by Crippen LogP contribution is -2.69. The van der Waals surface area contributed by atoms with Gasteiger partial charge < -0.3 is 9.47 Å². The summed E-state index contributed by atoms with van der Waals surface area (Å²) in [5.41, 5.74) is 0.223. The van der Waals surface area contributed by atoms with Gasteiger partial charge in [-0.05, 0) is 50.5 Å². The highest BCUT2D eigenvalue weighted by Crippen LogP contribution is 2.60. The zero-order valence-electron chi connectivity index (χ0n) is 14.1. The number of hydrogen-bond donors (Lipinski definition) is 0. The van der Waals surface area contributed by atoms with E-state index in [0.717, 1.165) is 31.3 Å². The van der Waals surface area contributed by atoms with E-state index in [0.29, 0.717) is 18.4 Å². The van der Waals surface area contributed by atoms with Crippen LogP contribution < -0.4 is 0 Å². The zero-order valence-corrected chi connectivity index (χ0v) is 14.1. The molecule has 4 aliphatic heterocycles. The summed E-state index contributed by atoms with van der Waals surface area (Å²) in [7, 11) is 0. The van der Waals surface area contributed by atoms with Crippen molar-refractivity contribution in [3.05, 3.63) is 12.2 Å². The Balaban J connectivity index is 1.72. The van der Waals surface area contributed by atoms with Crippen molar-refractivity contribution in [3.8, 4) is 0 Å². The van der Waals surface area contributed by atoms with Crippen molar-refractivity contribution in [2.75, 3.05) is 6.61 Å². The van der Waals surface area contributed by atoms with Crippen molar-refractivity contribution in [3.63, 3.8) is 0 Å². The average molecular weight is 326 g/mol. The van der Waals surface area contributed by atoms with Gasteiger partial charge in [0, 0.05) is 12.3 Å². The fraction of sp³-hybridized carbons (Fsp3) is 0.882. The Morgan fingerprint density at radius 2 is 2.09 bits per heavy atom. The highest BCUT2D eigenvalue weighted by atomic mass is 17.3. The van der Waals surface area contributed by atoms with E-state index < -0.39 is 24.0 Å². The smallest absolute Gasteiger partial charge is 0.216 e. The van der Waals surface area contributed by atoms with E-state index in [2.05, 4.69) is 13.5 Å². The molecular formula is C17H26O6. The molecule has 130 valence electrons. The van der Waals surface area contributed by atoms with Gasteiger partial charge in [-0.25, -0.2) is 14.7 Å². The molecule has 6 heteroatoms. The minimum absolute atomic E-state index is 0.0792. The molecule has 1 saturated carbocycles. The van der Waals surface area contributed by atoms with Crippen LogP contribution in [0, 0.1) is 17.8 Å². The first-order chi connectivity index (χ1) is 11.0. The van der Waals surface area contributed by atoms with Crippen LogP contribution in [-0.4, -0.2) is 30.6 Å². The van der Waals surface area contributed by atoms with E-state index in [1.54, 1.807) is 0 Å². The number of fused-ring (bicyclic) bond motifs is 2. The van der Waals surface area contributed by atoms with Gasteiger partial charge in [-0.15, -0.1) is 0 Å². The zero-order chi connectivity index (χ0) is 16.2. The summed E-state index contributed by atoms with van der Waals surface area (Å²) in [4.78, 5) is 22.2. The molecular weight excluding hydrogens is 300 g/mol. The third-order valence-corrected chi connectivity index (χ3v) is 5.99. The Kier molecular flexibility index (Phi) is 3.83. The van der Waals surface area contributed by atoms with Crippen LogP contribution in [0.2, 0.25) is 0 Å². The maximum Gasteiger partial charge on any atom is 0.216 e. The normalized spacial score (nSPS) is 52.1. The molecule has 6 nitrogen and oxygen atoms in total. The lowest BCUT2D eigenvalue weighted by molar-refractivity contribution is -0.574. The summed E-state index contributed by atoms with van der Waals surface area (Å²) >= 11 is 0. The minimum atomic E-state index is -0.771. The summed E-state index contributed by atoms with van der Waals surface area (Å²) in [5.74, 6) is 0.157. The van der Waals surface area contributed by atoms with Crippen LogP contribution in [0.1, 0.15) is 46.5 Å². The van der Waals surface area contributed by atoms with E-state index in [1.807, 2.05) is 13.8 Å². The summed E-state index contributed by atoms with van der Waals surface area (Å²) in [6, 6.07) is 0. The molecule has 23 heavy (non-hydrogen) atoms. The molecule has 4 saturated heterocycles. The summed E-state index contributed by atoms with van der Waals surface area (Å²) in [6.45, 7) is 10.7. The van der Waals surface area contributed by atoms with Crippen LogP contribution in [0.4, 0.5) is 0 Å². The van der Waals surface area contributed by atoms with E-state index >= 15 is 0 Å². The first-order valence-corrected chi connectivity index (χ1v) is 8.67. The molecule has 0 aromatic carbocycles. The summed E-state index contributed by atoms with van der Waals surface area (Å²) in [5, 5.41) is 0. The summed E-state index contributed by atoms with van der Waals surface area (Å²) < 4.78 is 12.3. The maximum atomic E-state index is 6.19. The molecule has 0 aromatic heterocycles. The largest absolute Gasteiger partial charge is 0.315 e. The van der Waals surface area contributed by atoms with Gasteiger partial charge in [-0.2, -0.15) is 4.89 Å². The van der Waals surface area contributed by atoms with Crippen molar-refractivity contribution in [2.45, 2.75) is 70.4 Å². The van der Waals surface area contributed by atoms with Crippen molar-refractivity contribution >= 4 is 0 Å². The van der Waals surface area contributed by atoms with Crippen LogP contribution in [0.5, 0.6) is 0 Å². The maximum absolute atomic E-state index is 6.19. The Morgan fingerprint density at radius 1 is 1.26 bits per heavy atom. The molecule has 1 aliphatic carbocycles. The standard InChI is InChI=1S/C17H26O6/c1-5-18-21-14-11(3)13-7-6-10(2)12-8-9-16(4)20-15(19-14)17(12,13)23-22-16/h10,12-15H,3,5-9H2,1-2,4H3/t10-,12+,13+,14-,15-,16+,17-/m1/s1. The minimum Gasteiger partial charge on any atom is -0.315 e. The first kappa shape index (κ1) is 16.0. The van der Waals surface area contributed by atoms with E-state index in [9.17, 15) is 0 Å². The highest BCUT2D eigenvalue weighted by molar-refractivity contribution is 5.21. The number of ether oxygens (including phenoxy) is 2. The Hall–Kier alpha value is -0.500. The first-order valence-electron chi connectivity index (χ1n) is 8.67. The molecule has 1 spiro atoms. The van der Waals surface area contributed by atoms with E-state index in [4.69, 9.17) is 29.0 Å². The van der Waals surface area contributed by atoms with Gasteiger partial charge in [0.05, 0.1) is 6.61 Å². The van der Waals surface area contributed by atoms with Crippen molar-refractivity contribution in [1.29, 1.82) is 0 Å². The van der Waals surface area contributed by atoms with Crippen molar-refractivity contribution < 1.29 is 29.0 Å². The SMILES string of the molecule is C=C1[C@@H](OOCC)O[C@@H]2O[C@]3(C)CC[C@H]4[C@H](C)CC[C@@H]1[C@@]24OO3. The molecule has 7 atom stereocenters. The second-order valence-electron chi connectivity index (χ2n) is 7.40. The predicted octanol–water partition coefficient (Wildman–Crippen LogP) is 3.08. The van der Waals surface area contributed by atoms with Crippen LogP contribution in [0.25, 0.3) is 0 Å². The van der Waals surface area contributed by atoms with Crippen molar-refractivity contribution in [2.24, 2.45) is 17.8 Å². The van der Waals surface area contributed by atoms with Crippen LogP contribution in [0.15, 0.2) is 12.2 Å². The topological polar surface area (TPSA) is 55.4 Å². The van der Waals surface area contributed by atoms with Crippen LogP contribution in [0.3, 0.4) is 0 Å². The lowest BCUT2D eigenvalue weighted by Gasteiger charge is -2.58. The molecule has 2 bridgehead atoms. The Morgan fingerprint density at radius 3 is 2.87 bits per heavy atom. The molecule has 4 heterocycles. The number of rotatable bonds is 3. The average Bonchev–Trinajstić information content (AvgIpc) is 2.76. The second kappa shape index (κ2) is 5.51. The van der Waals surface area contributed by atoms with Gasteiger partial charge >= 0.3 is 0 Å². The number of hydrogen-bond acceptors (Lipinski definition) is 6. The quantitative estimate of drug-likeness (QED) is 0.451. The van der Waals surface area contributed by atoms with Gasteiger partial charge in [-0.1, -0.05) is 13.5 Å². The predicted molar refractivity (Wildman–Crippen MR) is 79.5 cm³/mol. The van der Waals surface area contributed by atoms with Crippen LogP contribution >= 0.6 is 0 Å². The molecule has 5 aliphatic rings. The molecule has 0 radical (unpaired) electrons. The van der Waals surface area contributed by atoms with Gasteiger partial charge in [-0.3, -0.25) is 0 Å². The van der Waals surface area contributed by atoms with Crippen LogP contribution in [-0.2, 0) is 29.0 Å². The molecule has 5 rings (SSSR count). The molecule has 0 aromatic rings. The third-order valence-electron chi connectivity index (χ3n) is 5.99. The Labute approximate surface area is 136 Å². The molecule has 0 N–H and O–H groups in total. The van der Waals surface area contributed by atoms with Gasteiger partial charge in [0.25, 0.3) is 0 Å². The highest BCUT2D eigenvalue weighted by Gasteiger charge is 2.69. The summed E-state index contributed by atoms with van der Waals surface area (Å²) in [6.07, 6.45) is 2.72. The monoisotopic (exact) mass is 326 g/mol. The Bertz CT molecular complexity index is 495. The van der Waals surface area contributed by atoms with Gasteiger partial charge in [0.2, 0.25) is 12.1 Å². The molecule has 0 amide bonds. The van der Waals surface area contributed by atoms with Gasteiger partial charge in [0.15, 0.2) is 11.9 Å². The fourth-order valence-corrected chi connectivity index (χ4v) is 4.77. The van der Waals surface area contributed by atoms with Crippen molar-refractivity contribution in [1.82, 2.24) is 0 Å². The second-order valence-corrected chi connectivity index (χ2v) is 7.40. The lowest BCUT2D eigenvalue weighted by atomic mass is 9.59. The fourth-order valence-electron chi connectivity index (χ4n) is 4.77. The van der Waals surface area contributed by atoms with Gasteiger partial charge in [0.1, 0.15) is 0 Å². The molecule has 0 unspecified atom stereocenters.